The molecule has 0 unspecified atom stereocenters. The Kier molecular flexibility index (Phi) is 4.28. The van der Waals surface area contributed by atoms with Crippen molar-refractivity contribution >= 4 is 29.3 Å². The van der Waals surface area contributed by atoms with Crippen molar-refractivity contribution in [3.05, 3.63) is 22.8 Å². The van der Waals surface area contributed by atoms with Crippen molar-refractivity contribution in [1.82, 2.24) is 4.98 Å². The Morgan fingerprint density at radius 2 is 2.18 bits per heavy atom. The van der Waals surface area contributed by atoms with Gasteiger partial charge < -0.3 is 15.7 Å². The Morgan fingerprint density at radius 1 is 1.53 bits per heavy atom. The summed E-state index contributed by atoms with van der Waals surface area (Å²) in [5, 5.41) is 8.92. The molecule has 7 heteroatoms. The number of hydrogen-bond donors (Lipinski definition) is 2. The molecule has 1 aromatic heterocycles. The van der Waals surface area contributed by atoms with Crippen molar-refractivity contribution in [1.29, 1.82) is 0 Å². The molecule has 1 aromatic rings. The van der Waals surface area contributed by atoms with E-state index in [9.17, 15) is 9.59 Å². The van der Waals surface area contributed by atoms with Crippen LogP contribution in [0.15, 0.2) is 12.1 Å². The van der Waals surface area contributed by atoms with E-state index in [1.54, 1.807) is 17.9 Å². The van der Waals surface area contributed by atoms with Crippen LogP contribution in [-0.4, -0.2) is 35.1 Å². The Hall–Kier alpha value is -1.82. The van der Waals surface area contributed by atoms with Gasteiger partial charge in [-0.05, 0) is 19.1 Å². The van der Waals surface area contributed by atoms with Gasteiger partial charge in [0.2, 0.25) is 5.91 Å². The molecule has 6 nitrogen and oxygen atoms in total. The lowest BCUT2D eigenvalue weighted by atomic mass is 10.3. The van der Waals surface area contributed by atoms with Gasteiger partial charge in [-0.1, -0.05) is 11.6 Å². The second-order valence-corrected chi connectivity index (χ2v) is 3.69. The van der Waals surface area contributed by atoms with Crippen LogP contribution in [0.5, 0.6) is 0 Å². The number of primary amides is 1. The monoisotopic (exact) mass is 257 g/mol. The van der Waals surface area contributed by atoms with Crippen molar-refractivity contribution in [2.24, 2.45) is 5.73 Å². The first-order valence-corrected chi connectivity index (χ1v) is 5.26. The van der Waals surface area contributed by atoms with Crippen molar-refractivity contribution in [3.8, 4) is 0 Å². The molecule has 17 heavy (non-hydrogen) atoms. The molecule has 0 saturated carbocycles. The number of likely N-dealkylation sites (N-methyl/N-ethyl adjacent to an activating group) is 1. The summed E-state index contributed by atoms with van der Waals surface area (Å²) in [6.07, 6.45) is 0. The van der Waals surface area contributed by atoms with E-state index >= 15 is 0 Å². The third kappa shape index (κ3) is 3.32. The Bertz CT molecular complexity index is 450. The van der Waals surface area contributed by atoms with Crippen LogP contribution < -0.4 is 10.6 Å². The molecule has 1 rings (SSSR count). The van der Waals surface area contributed by atoms with E-state index < -0.39 is 11.9 Å². The number of nitrogens with zero attached hydrogens (tertiary/aromatic N) is 2. The van der Waals surface area contributed by atoms with Gasteiger partial charge in [-0.3, -0.25) is 4.79 Å². The SMILES string of the molecule is CCN(CC(N)=O)c1ccc(Cl)c(C(=O)O)n1. The normalized spacial score (nSPS) is 10.0. The van der Waals surface area contributed by atoms with Crippen LogP contribution in [0.4, 0.5) is 5.82 Å². The lowest BCUT2D eigenvalue weighted by Crippen LogP contribution is -2.34. The molecule has 1 heterocycles. The van der Waals surface area contributed by atoms with Gasteiger partial charge in [0.05, 0.1) is 11.6 Å². The molecular weight excluding hydrogens is 246 g/mol. The molecular formula is C10H12ClN3O3. The highest BCUT2D eigenvalue weighted by Crippen LogP contribution is 2.19. The minimum atomic E-state index is -1.22. The predicted molar refractivity (Wildman–Crippen MR) is 63.3 cm³/mol. The summed E-state index contributed by atoms with van der Waals surface area (Å²) in [7, 11) is 0. The lowest BCUT2D eigenvalue weighted by molar-refractivity contribution is -0.116. The molecule has 0 fully saturated rings. The van der Waals surface area contributed by atoms with Crippen LogP contribution in [0.25, 0.3) is 0 Å². The molecule has 92 valence electrons. The van der Waals surface area contributed by atoms with E-state index in [0.29, 0.717) is 12.4 Å². The van der Waals surface area contributed by atoms with Crippen LogP contribution >= 0.6 is 11.6 Å². The van der Waals surface area contributed by atoms with E-state index in [1.807, 2.05) is 0 Å². The number of aromatic nitrogens is 1. The molecule has 3 N–H and O–H groups in total. The number of hydrogen-bond acceptors (Lipinski definition) is 4. The molecule has 1 amide bonds. The van der Waals surface area contributed by atoms with Crippen LogP contribution in [-0.2, 0) is 4.79 Å². The maximum absolute atomic E-state index is 10.9. The highest BCUT2D eigenvalue weighted by Gasteiger charge is 2.15. The average Bonchev–Trinajstić information content (AvgIpc) is 2.26. The van der Waals surface area contributed by atoms with Gasteiger partial charge in [-0.15, -0.1) is 0 Å². The van der Waals surface area contributed by atoms with Crippen molar-refractivity contribution < 1.29 is 14.7 Å². The number of anilines is 1. The maximum Gasteiger partial charge on any atom is 0.356 e. The second-order valence-electron chi connectivity index (χ2n) is 3.29. The summed E-state index contributed by atoms with van der Waals surface area (Å²) in [6, 6.07) is 2.97. The van der Waals surface area contributed by atoms with Crippen molar-refractivity contribution in [2.45, 2.75) is 6.92 Å². The van der Waals surface area contributed by atoms with Gasteiger partial charge in [-0.25, -0.2) is 9.78 Å². The highest BCUT2D eigenvalue weighted by atomic mass is 35.5. The quantitative estimate of drug-likeness (QED) is 0.811. The molecule has 0 radical (unpaired) electrons. The van der Waals surface area contributed by atoms with Crippen LogP contribution in [0.3, 0.4) is 0 Å². The summed E-state index contributed by atoms with van der Waals surface area (Å²) in [4.78, 5) is 27.1. The number of nitrogens with two attached hydrogens (primary N) is 1. The number of pyridine rings is 1. The van der Waals surface area contributed by atoms with Crippen LogP contribution in [0.2, 0.25) is 5.02 Å². The Labute approximate surface area is 103 Å². The fourth-order valence-corrected chi connectivity index (χ4v) is 1.49. The number of carboxylic acid groups (broad SMARTS) is 1. The lowest BCUT2D eigenvalue weighted by Gasteiger charge is -2.20. The summed E-state index contributed by atoms with van der Waals surface area (Å²) < 4.78 is 0. The minimum Gasteiger partial charge on any atom is -0.476 e. The fourth-order valence-electron chi connectivity index (χ4n) is 1.30. The zero-order valence-electron chi connectivity index (χ0n) is 9.18. The van der Waals surface area contributed by atoms with Crippen LogP contribution in [0.1, 0.15) is 17.4 Å². The summed E-state index contributed by atoms with van der Waals surface area (Å²) >= 11 is 5.69. The smallest absolute Gasteiger partial charge is 0.356 e. The zero-order chi connectivity index (χ0) is 13.0. The molecule has 0 atom stereocenters. The number of carboxylic acids is 1. The predicted octanol–water partition coefficient (Wildman–Crippen LogP) is 0.745. The summed E-state index contributed by atoms with van der Waals surface area (Å²) in [6.45, 7) is 2.26. The van der Waals surface area contributed by atoms with E-state index in [0.717, 1.165) is 0 Å². The number of amides is 1. The Morgan fingerprint density at radius 3 is 2.65 bits per heavy atom. The zero-order valence-corrected chi connectivity index (χ0v) is 9.94. The summed E-state index contributed by atoms with van der Waals surface area (Å²) in [5.74, 6) is -1.37. The minimum absolute atomic E-state index is 0.0236. The van der Waals surface area contributed by atoms with Gasteiger partial charge in [0.25, 0.3) is 0 Å². The van der Waals surface area contributed by atoms with Gasteiger partial charge in [0.1, 0.15) is 5.82 Å². The second kappa shape index (κ2) is 5.49. The molecule has 0 aliphatic carbocycles. The third-order valence-electron chi connectivity index (χ3n) is 2.09. The topological polar surface area (TPSA) is 96.5 Å². The van der Waals surface area contributed by atoms with E-state index in [2.05, 4.69) is 4.98 Å². The number of aromatic carboxylic acids is 1. The molecule has 0 saturated heterocycles. The van der Waals surface area contributed by atoms with Crippen molar-refractivity contribution in [3.63, 3.8) is 0 Å². The van der Waals surface area contributed by atoms with Crippen LogP contribution in [0, 0.1) is 0 Å². The first kappa shape index (κ1) is 13.2. The van der Waals surface area contributed by atoms with Gasteiger partial charge in [0, 0.05) is 6.54 Å². The molecule has 0 aromatic carbocycles. The highest BCUT2D eigenvalue weighted by molar-refractivity contribution is 6.33. The van der Waals surface area contributed by atoms with Gasteiger partial charge in [-0.2, -0.15) is 0 Å². The fraction of sp³-hybridized carbons (Fsp3) is 0.300. The molecule has 0 spiro atoms. The number of carbonyl (C=O) groups is 2. The van der Waals surface area contributed by atoms with Crippen molar-refractivity contribution in [2.75, 3.05) is 18.0 Å². The first-order valence-electron chi connectivity index (χ1n) is 4.88. The van der Waals surface area contributed by atoms with Gasteiger partial charge in [0.15, 0.2) is 5.69 Å². The summed E-state index contributed by atoms with van der Waals surface area (Å²) in [5.41, 5.74) is 4.84. The maximum atomic E-state index is 10.9. The number of rotatable bonds is 5. The van der Waals surface area contributed by atoms with E-state index in [-0.39, 0.29) is 17.3 Å². The number of carbonyl (C=O) groups excluding carboxylic acids is 1. The van der Waals surface area contributed by atoms with E-state index in [1.165, 1.54) is 6.07 Å². The standard InChI is InChI=1S/C10H12ClN3O3/c1-2-14(5-7(12)15)8-4-3-6(11)9(13-8)10(16)17/h3-4H,2,5H2,1H3,(H2,12,15)(H,16,17). The molecule has 0 bridgehead atoms. The number of halogens is 1. The largest absolute Gasteiger partial charge is 0.476 e. The third-order valence-corrected chi connectivity index (χ3v) is 2.39. The van der Waals surface area contributed by atoms with Gasteiger partial charge >= 0.3 is 5.97 Å². The van der Waals surface area contributed by atoms with E-state index in [4.69, 9.17) is 22.4 Å². The molecule has 0 aliphatic rings. The first-order chi connectivity index (χ1) is 7.95. The molecule has 0 aliphatic heterocycles. The Balaban J connectivity index is 3.08. The average molecular weight is 258 g/mol.